The number of methoxy groups -OCH3 is 1. The summed E-state index contributed by atoms with van der Waals surface area (Å²) in [5.41, 5.74) is 0.928. The van der Waals surface area contributed by atoms with Crippen LogP contribution in [0.15, 0.2) is 48.6 Å². The Kier molecular flexibility index (Phi) is 5.16. The fourth-order valence-electron chi connectivity index (χ4n) is 5.18. The minimum Gasteiger partial charge on any atom is -0.493 e. The predicted octanol–water partition coefficient (Wildman–Crippen LogP) is 4.73. The van der Waals surface area contributed by atoms with Crippen molar-refractivity contribution in [2.45, 2.75) is 43.2 Å². The molecule has 2 aromatic carbocycles. The normalized spacial score (nSPS) is 26.1. The standard InChI is InChI=1S/C25H24F3NO4/c1-29-11-10-24-9-8-18(32-23(30)15-4-3-5-17(12-15)25(26,27)28)13-20(24)33-22-19(31-2)7-6-16(14-29)21(22)24/h3-9,12,18,20H,10-11,13-14H2,1-2H3/t18-,20?,24-/m0/s1. The average molecular weight is 459 g/mol. The van der Waals surface area contributed by atoms with Crippen LogP contribution in [-0.2, 0) is 22.9 Å². The van der Waals surface area contributed by atoms with Crippen molar-refractivity contribution in [3.8, 4) is 11.5 Å². The third-order valence-electron chi connectivity index (χ3n) is 6.81. The lowest BCUT2D eigenvalue weighted by atomic mass is 9.69. The summed E-state index contributed by atoms with van der Waals surface area (Å²) in [5, 5.41) is 0. The second-order valence-corrected chi connectivity index (χ2v) is 8.88. The number of halogens is 3. The van der Waals surface area contributed by atoms with Crippen LogP contribution in [0, 0.1) is 0 Å². The van der Waals surface area contributed by atoms with Gasteiger partial charge in [-0.25, -0.2) is 4.79 Å². The van der Waals surface area contributed by atoms with Gasteiger partial charge in [0.2, 0.25) is 0 Å². The Labute approximate surface area is 189 Å². The maximum absolute atomic E-state index is 13.0. The molecule has 2 aliphatic heterocycles. The SMILES string of the molecule is COc1ccc2c3c1OC1C[C@@H](OC(=O)c4cccc(C(F)(F)F)c4)C=C[C@@]31CCN(C)C2. The van der Waals surface area contributed by atoms with E-state index in [9.17, 15) is 18.0 Å². The highest BCUT2D eigenvalue weighted by molar-refractivity contribution is 5.89. The Bertz CT molecular complexity index is 1130. The molecule has 174 valence electrons. The molecule has 0 saturated heterocycles. The molecule has 3 atom stereocenters. The molecule has 0 bridgehead atoms. The number of alkyl halides is 3. The van der Waals surface area contributed by atoms with E-state index in [0.29, 0.717) is 12.2 Å². The number of carbonyl (C=O) groups excluding carboxylic acids is 1. The molecule has 0 amide bonds. The summed E-state index contributed by atoms with van der Waals surface area (Å²) < 4.78 is 56.6. The number of esters is 1. The molecule has 1 aliphatic carbocycles. The van der Waals surface area contributed by atoms with Gasteiger partial charge in [-0.3, -0.25) is 0 Å². The highest BCUT2D eigenvalue weighted by Crippen LogP contribution is 2.55. The zero-order valence-corrected chi connectivity index (χ0v) is 18.3. The van der Waals surface area contributed by atoms with Crippen LogP contribution in [0.5, 0.6) is 11.5 Å². The first kappa shape index (κ1) is 21.8. The topological polar surface area (TPSA) is 48.0 Å². The molecule has 5 rings (SSSR count). The van der Waals surface area contributed by atoms with Gasteiger partial charge in [0, 0.05) is 18.5 Å². The van der Waals surface area contributed by atoms with E-state index < -0.39 is 23.8 Å². The lowest BCUT2D eigenvalue weighted by Crippen LogP contribution is -2.43. The van der Waals surface area contributed by atoms with E-state index in [1.807, 2.05) is 12.1 Å². The maximum atomic E-state index is 13.0. The van der Waals surface area contributed by atoms with Crippen molar-refractivity contribution in [1.29, 1.82) is 0 Å². The second kappa shape index (κ2) is 7.80. The number of carbonyl (C=O) groups is 1. The van der Waals surface area contributed by atoms with Gasteiger partial charge in [0.15, 0.2) is 11.5 Å². The molecule has 1 unspecified atom stereocenters. The van der Waals surface area contributed by atoms with E-state index in [1.165, 1.54) is 17.7 Å². The average Bonchev–Trinajstić information content (AvgIpc) is 3.04. The lowest BCUT2D eigenvalue weighted by Gasteiger charge is -2.36. The fourth-order valence-corrected chi connectivity index (χ4v) is 5.18. The Morgan fingerprint density at radius 1 is 1.24 bits per heavy atom. The number of benzene rings is 2. The van der Waals surface area contributed by atoms with Crippen LogP contribution < -0.4 is 9.47 Å². The number of nitrogens with zero attached hydrogens (tertiary/aromatic N) is 1. The fraction of sp³-hybridized carbons (Fsp3) is 0.400. The highest BCUT2D eigenvalue weighted by atomic mass is 19.4. The van der Waals surface area contributed by atoms with Gasteiger partial charge in [-0.2, -0.15) is 13.2 Å². The molecule has 2 heterocycles. The van der Waals surface area contributed by atoms with Gasteiger partial charge in [-0.1, -0.05) is 18.2 Å². The molecular formula is C25H24F3NO4. The van der Waals surface area contributed by atoms with Crippen LogP contribution in [0.2, 0.25) is 0 Å². The van der Waals surface area contributed by atoms with E-state index >= 15 is 0 Å². The number of hydrogen-bond donors (Lipinski definition) is 0. The molecule has 0 fully saturated rings. The molecular weight excluding hydrogens is 435 g/mol. The first-order chi connectivity index (χ1) is 15.7. The van der Waals surface area contributed by atoms with Crippen LogP contribution in [0.25, 0.3) is 0 Å². The molecule has 0 N–H and O–H groups in total. The molecule has 0 radical (unpaired) electrons. The molecule has 8 heteroatoms. The Balaban J connectivity index is 1.42. The Morgan fingerprint density at radius 2 is 2.06 bits per heavy atom. The van der Waals surface area contributed by atoms with Crippen molar-refractivity contribution >= 4 is 5.97 Å². The van der Waals surface area contributed by atoms with Crippen LogP contribution in [-0.4, -0.2) is 43.8 Å². The number of rotatable bonds is 3. The van der Waals surface area contributed by atoms with Gasteiger partial charge in [-0.05, 0) is 55.9 Å². The van der Waals surface area contributed by atoms with Crippen molar-refractivity contribution < 1.29 is 32.2 Å². The minimum atomic E-state index is -4.53. The van der Waals surface area contributed by atoms with Gasteiger partial charge in [-0.15, -0.1) is 0 Å². The van der Waals surface area contributed by atoms with Crippen molar-refractivity contribution in [1.82, 2.24) is 4.90 Å². The summed E-state index contributed by atoms with van der Waals surface area (Å²) >= 11 is 0. The van der Waals surface area contributed by atoms with Gasteiger partial charge < -0.3 is 19.1 Å². The van der Waals surface area contributed by atoms with Crippen LogP contribution in [0.3, 0.4) is 0 Å². The van der Waals surface area contributed by atoms with Gasteiger partial charge in [0.1, 0.15) is 12.2 Å². The van der Waals surface area contributed by atoms with Crippen LogP contribution in [0.4, 0.5) is 13.2 Å². The van der Waals surface area contributed by atoms with Gasteiger partial charge in [0.05, 0.1) is 23.7 Å². The van der Waals surface area contributed by atoms with Gasteiger partial charge in [0.25, 0.3) is 0 Å². The summed E-state index contributed by atoms with van der Waals surface area (Å²) in [6, 6.07) is 8.26. The molecule has 5 nitrogen and oxygen atoms in total. The quantitative estimate of drug-likeness (QED) is 0.491. The van der Waals surface area contributed by atoms with E-state index in [0.717, 1.165) is 43.0 Å². The van der Waals surface area contributed by atoms with E-state index in [-0.39, 0.29) is 17.1 Å². The summed E-state index contributed by atoms with van der Waals surface area (Å²) in [6.07, 6.45) is -0.256. The summed E-state index contributed by atoms with van der Waals surface area (Å²) in [4.78, 5) is 14.9. The molecule has 33 heavy (non-hydrogen) atoms. The summed E-state index contributed by atoms with van der Waals surface area (Å²) in [6.45, 7) is 1.67. The second-order valence-electron chi connectivity index (χ2n) is 8.88. The van der Waals surface area contributed by atoms with E-state index in [2.05, 4.69) is 24.1 Å². The predicted molar refractivity (Wildman–Crippen MR) is 114 cm³/mol. The summed E-state index contributed by atoms with van der Waals surface area (Å²) in [5.74, 6) is 0.601. The van der Waals surface area contributed by atoms with Crippen molar-refractivity contribution in [2.75, 3.05) is 20.7 Å². The Morgan fingerprint density at radius 3 is 2.82 bits per heavy atom. The zero-order chi connectivity index (χ0) is 23.4. The first-order valence-corrected chi connectivity index (χ1v) is 10.8. The highest BCUT2D eigenvalue weighted by Gasteiger charge is 2.53. The van der Waals surface area contributed by atoms with Crippen molar-refractivity contribution in [3.05, 3.63) is 70.8 Å². The van der Waals surface area contributed by atoms with E-state index in [1.54, 1.807) is 7.11 Å². The van der Waals surface area contributed by atoms with Crippen LogP contribution in [0.1, 0.15) is 39.9 Å². The van der Waals surface area contributed by atoms with Gasteiger partial charge >= 0.3 is 12.1 Å². The first-order valence-electron chi connectivity index (χ1n) is 10.8. The third-order valence-corrected chi connectivity index (χ3v) is 6.81. The number of ether oxygens (including phenoxy) is 3. The largest absolute Gasteiger partial charge is 0.493 e. The molecule has 1 spiro atoms. The zero-order valence-electron chi connectivity index (χ0n) is 18.3. The van der Waals surface area contributed by atoms with Crippen molar-refractivity contribution in [3.63, 3.8) is 0 Å². The smallest absolute Gasteiger partial charge is 0.416 e. The number of hydrogen-bond acceptors (Lipinski definition) is 5. The maximum Gasteiger partial charge on any atom is 0.416 e. The monoisotopic (exact) mass is 459 g/mol. The molecule has 0 saturated carbocycles. The van der Waals surface area contributed by atoms with E-state index in [4.69, 9.17) is 14.2 Å². The molecule has 0 aromatic heterocycles. The van der Waals surface area contributed by atoms with Crippen molar-refractivity contribution in [2.24, 2.45) is 0 Å². The lowest BCUT2D eigenvalue weighted by molar-refractivity contribution is -0.137. The minimum absolute atomic E-state index is 0.130. The molecule has 3 aliphatic rings. The molecule has 2 aromatic rings. The summed E-state index contributed by atoms with van der Waals surface area (Å²) in [7, 11) is 3.69. The Hall–Kier alpha value is -3.00. The third kappa shape index (κ3) is 3.66. The van der Waals surface area contributed by atoms with Crippen LogP contribution >= 0.6 is 0 Å².